The second-order valence-electron chi connectivity index (χ2n) is 10.6. The van der Waals surface area contributed by atoms with Crippen molar-refractivity contribution >= 4 is 28.4 Å². The quantitative estimate of drug-likeness (QED) is 0.431. The number of alkyl halides is 2. The van der Waals surface area contributed by atoms with Crippen molar-refractivity contribution in [2.24, 2.45) is 5.92 Å². The van der Waals surface area contributed by atoms with Gasteiger partial charge in [0, 0.05) is 25.4 Å². The van der Waals surface area contributed by atoms with E-state index in [-0.39, 0.29) is 60.5 Å². The van der Waals surface area contributed by atoms with Gasteiger partial charge in [-0.3, -0.25) is 4.79 Å². The number of hydrogen-bond acceptors (Lipinski definition) is 5. The van der Waals surface area contributed by atoms with Gasteiger partial charge in [-0.05, 0) is 88.4 Å². The second-order valence-corrected chi connectivity index (χ2v) is 12.5. The van der Waals surface area contributed by atoms with Crippen LogP contribution in [0.4, 0.5) is 8.78 Å². The molecule has 0 amide bonds. The number of benzene rings is 1. The van der Waals surface area contributed by atoms with Gasteiger partial charge in [0.25, 0.3) is 0 Å². The highest BCUT2D eigenvalue weighted by molar-refractivity contribution is 7.89. The van der Waals surface area contributed by atoms with Crippen LogP contribution in [0, 0.1) is 12.8 Å². The Balaban J connectivity index is 0.00000380. The first kappa shape index (κ1) is 30.1. The molecule has 2 N–H and O–H groups in total. The topological polar surface area (TPSA) is 95.9 Å². The molecule has 1 saturated heterocycles. The maximum atomic E-state index is 13.5. The maximum Gasteiger partial charge on any atom is 0.322 e. The lowest BCUT2D eigenvalue weighted by Crippen LogP contribution is -2.41. The first-order valence-electron chi connectivity index (χ1n) is 13.2. The molecule has 4 rings (SSSR count). The molecule has 1 aliphatic heterocycles. The fraction of sp³-hybridized carbons (Fsp3) is 0.731. The van der Waals surface area contributed by atoms with Gasteiger partial charge in [0.2, 0.25) is 15.9 Å². The van der Waals surface area contributed by atoms with Gasteiger partial charge in [0.1, 0.15) is 22.8 Å². The summed E-state index contributed by atoms with van der Waals surface area (Å²) < 4.78 is 61.4. The maximum absolute atomic E-state index is 13.5. The molecular weight excluding hydrogens is 526 g/mol. The average Bonchev–Trinajstić information content (AvgIpc) is 3.33. The van der Waals surface area contributed by atoms with Gasteiger partial charge >= 0.3 is 5.97 Å². The summed E-state index contributed by atoms with van der Waals surface area (Å²) in [7, 11) is -4.04. The molecule has 37 heavy (non-hydrogen) atoms. The van der Waals surface area contributed by atoms with Crippen LogP contribution in [0.15, 0.2) is 23.1 Å². The lowest BCUT2D eigenvalue weighted by atomic mass is 9.84. The molecule has 210 valence electrons. The average molecular weight is 565 g/mol. The summed E-state index contributed by atoms with van der Waals surface area (Å²) in [4.78, 5) is 11.7. The molecule has 3 atom stereocenters. The Hall–Kier alpha value is -1.49. The van der Waals surface area contributed by atoms with Gasteiger partial charge < -0.3 is 15.2 Å². The molecule has 2 aliphatic carbocycles. The largest absolute Gasteiger partial charge is 0.489 e. The number of aliphatic carboxylic acids is 1. The van der Waals surface area contributed by atoms with Gasteiger partial charge in [-0.25, -0.2) is 17.2 Å². The van der Waals surface area contributed by atoms with Crippen molar-refractivity contribution in [1.29, 1.82) is 0 Å². The summed E-state index contributed by atoms with van der Waals surface area (Å²) in [5, 5.41) is 13.0. The Bertz CT molecular complexity index is 1030. The molecule has 7 nitrogen and oxygen atoms in total. The molecule has 0 unspecified atom stereocenters. The van der Waals surface area contributed by atoms with E-state index in [9.17, 15) is 27.1 Å². The van der Waals surface area contributed by atoms with E-state index >= 15 is 0 Å². The summed E-state index contributed by atoms with van der Waals surface area (Å²) in [5.74, 6) is -3.16. The first-order valence-corrected chi connectivity index (χ1v) is 14.6. The summed E-state index contributed by atoms with van der Waals surface area (Å²) in [5.41, 5.74) is 0.864. The number of carboxylic acid groups (broad SMARTS) is 1. The van der Waals surface area contributed by atoms with Crippen LogP contribution in [0.25, 0.3) is 0 Å². The molecule has 1 aromatic carbocycles. The van der Waals surface area contributed by atoms with Crippen LogP contribution in [-0.4, -0.2) is 61.0 Å². The zero-order chi connectivity index (χ0) is 25.9. The molecule has 0 aromatic heterocycles. The SMILES string of the molecule is Cc1ccc(S(=O)(=O)N2CCC[C@H]2C(=O)O)c(O[C@H]2CCCC[C@H]2CCNC2CCC(F)(F)CC2)c1.Cl. The van der Waals surface area contributed by atoms with E-state index in [0.717, 1.165) is 42.0 Å². The number of rotatable bonds is 9. The third kappa shape index (κ3) is 7.34. The molecule has 1 aromatic rings. The highest BCUT2D eigenvalue weighted by Gasteiger charge is 2.41. The van der Waals surface area contributed by atoms with Crippen LogP contribution < -0.4 is 10.1 Å². The summed E-state index contributed by atoms with van der Waals surface area (Å²) in [6, 6.07) is 4.02. The van der Waals surface area contributed by atoms with Gasteiger partial charge in [0.15, 0.2) is 0 Å². The van der Waals surface area contributed by atoms with Crippen LogP contribution in [0.1, 0.15) is 76.2 Å². The molecule has 3 aliphatic rings. The van der Waals surface area contributed by atoms with Gasteiger partial charge in [-0.2, -0.15) is 4.31 Å². The molecule has 0 bridgehead atoms. The number of nitrogens with one attached hydrogen (secondary N) is 1. The third-order valence-electron chi connectivity index (χ3n) is 7.96. The molecule has 11 heteroatoms. The van der Waals surface area contributed by atoms with Gasteiger partial charge in [0.05, 0.1) is 0 Å². The highest BCUT2D eigenvalue weighted by atomic mass is 35.5. The number of sulfonamides is 1. The Morgan fingerprint density at radius 1 is 1.14 bits per heavy atom. The smallest absolute Gasteiger partial charge is 0.322 e. The van der Waals surface area contributed by atoms with E-state index in [0.29, 0.717) is 32.2 Å². The lowest BCUT2D eigenvalue weighted by Gasteiger charge is -2.34. The van der Waals surface area contributed by atoms with Crippen LogP contribution in [-0.2, 0) is 14.8 Å². The number of carbonyl (C=O) groups is 1. The highest BCUT2D eigenvalue weighted by Crippen LogP contribution is 2.37. The fourth-order valence-electron chi connectivity index (χ4n) is 5.86. The van der Waals surface area contributed by atoms with Crippen LogP contribution in [0.2, 0.25) is 0 Å². The van der Waals surface area contributed by atoms with Crippen molar-refractivity contribution < 1.29 is 31.8 Å². The van der Waals surface area contributed by atoms with Crippen molar-refractivity contribution in [1.82, 2.24) is 9.62 Å². The van der Waals surface area contributed by atoms with E-state index in [2.05, 4.69) is 5.32 Å². The fourth-order valence-corrected chi connectivity index (χ4v) is 7.61. The number of ether oxygens (including phenoxy) is 1. The molecule has 2 saturated carbocycles. The monoisotopic (exact) mass is 564 g/mol. The predicted molar refractivity (Wildman–Crippen MR) is 139 cm³/mol. The van der Waals surface area contributed by atoms with Crippen LogP contribution in [0.3, 0.4) is 0 Å². The summed E-state index contributed by atoms with van der Waals surface area (Å²) >= 11 is 0. The van der Waals surface area contributed by atoms with Crippen molar-refractivity contribution in [3.63, 3.8) is 0 Å². The number of carboxylic acids is 1. The minimum Gasteiger partial charge on any atom is -0.489 e. The molecule has 0 radical (unpaired) electrons. The number of hydrogen-bond donors (Lipinski definition) is 2. The summed E-state index contributed by atoms with van der Waals surface area (Å²) in [6.07, 6.45) is 6.17. The molecule has 0 spiro atoms. The van der Waals surface area contributed by atoms with Crippen molar-refractivity contribution in [2.45, 2.75) is 107 Å². The number of aryl methyl sites for hydroxylation is 1. The minimum atomic E-state index is -4.04. The Labute approximate surface area is 224 Å². The van der Waals surface area contributed by atoms with Gasteiger partial charge in [-0.1, -0.05) is 12.5 Å². The normalized spacial score (nSPS) is 26.9. The Morgan fingerprint density at radius 3 is 2.54 bits per heavy atom. The van der Waals surface area contributed by atoms with Crippen LogP contribution in [0.5, 0.6) is 5.75 Å². The van der Waals surface area contributed by atoms with Crippen molar-refractivity contribution in [3.8, 4) is 5.75 Å². The molecule has 1 heterocycles. The Kier molecular flexibility index (Phi) is 10.2. The Morgan fingerprint density at radius 2 is 1.84 bits per heavy atom. The molecular formula is C26H39ClF2N2O5S. The zero-order valence-electron chi connectivity index (χ0n) is 21.3. The van der Waals surface area contributed by atoms with E-state index in [1.54, 1.807) is 12.1 Å². The first-order chi connectivity index (χ1) is 17.1. The second kappa shape index (κ2) is 12.6. The number of halogens is 3. The molecule has 3 fully saturated rings. The standard InChI is InChI=1S/C26H38F2N2O5S.ClH/c1-18-8-9-24(36(33,34)30-16-4-6-21(30)25(31)32)23(17-18)35-22-7-3-2-5-19(22)12-15-29-20-10-13-26(27,28)14-11-20;/h8-9,17,19-22,29H,2-7,10-16H2,1H3,(H,31,32);1H/t19-,21-,22-;/m0./s1. The van der Waals surface area contributed by atoms with Crippen molar-refractivity contribution in [2.75, 3.05) is 13.1 Å². The van der Waals surface area contributed by atoms with Gasteiger partial charge in [-0.15, -0.1) is 12.4 Å². The zero-order valence-corrected chi connectivity index (χ0v) is 23.0. The van der Waals surface area contributed by atoms with E-state index in [1.165, 1.54) is 6.07 Å². The van der Waals surface area contributed by atoms with Crippen LogP contribution >= 0.6 is 12.4 Å². The predicted octanol–water partition coefficient (Wildman–Crippen LogP) is 5.15. The third-order valence-corrected chi connectivity index (χ3v) is 9.91. The van der Waals surface area contributed by atoms with E-state index in [1.807, 2.05) is 6.92 Å². The lowest BCUT2D eigenvalue weighted by molar-refractivity contribution is -0.140. The van der Waals surface area contributed by atoms with E-state index < -0.39 is 28.0 Å². The minimum absolute atomic E-state index is 0. The summed E-state index contributed by atoms with van der Waals surface area (Å²) in [6.45, 7) is 2.76. The van der Waals surface area contributed by atoms with Crippen molar-refractivity contribution in [3.05, 3.63) is 23.8 Å². The van der Waals surface area contributed by atoms with E-state index in [4.69, 9.17) is 4.74 Å². The number of nitrogens with zero attached hydrogens (tertiary/aromatic N) is 1.